The minimum atomic E-state index is -1.01. The fraction of sp³-hybridized carbons (Fsp3) is 0.176. The lowest BCUT2D eigenvalue weighted by molar-refractivity contribution is -0.123. The maximum Gasteiger partial charge on any atom is 0.338 e. The Morgan fingerprint density at radius 3 is 1.74 bits per heavy atom. The number of amides is 1. The van der Waals surface area contributed by atoms with Crippen molar-refractivity contribution >= 4 is 28.6 Å². The third-order valence-electron chi connectivity index (χ3n) is 6.77. The van der Waals surface area contributed by atoms with Crippen LogP contribution in [-0.4, -0.2) is 42.2 Å². The van der Waals surface area contributed by atoms with Gasteiger partial charge in [0.15, 0.2) is 6.10 Å². The fourth-order valence-electron chi connectivity index (χ4n) is 4.65. The average molecular weight is 562 g/mol. The number of hydrogen-bond donors (Lipinski definition) is 1. The zero-order valence-electron chi connectivity index (χ0n) is 24.1. The van der Waals surface area contributed by atoms with E-state index in [1.807, 2.05) is 80.6 Å². The molecule has 0 saturated carbocycles. The van der Waals surface area contributed by atoms with E-state index in [1.54, 1.807) is 39.3 Å². The van der Waals surface area contributed by atoms with Gasteiger partial charge in [0, 0.05) is 16.8 Å². The molecule has 8 heteroatoms. The first-order chi connectivity index (χ1) is 20.2. The molecule has 5 aromatic rings. The van der Waals surface area contributed by atoms with Crippen LogP contribution in [0.5, 0.6) is 11.5 Å². The first kappa shape index (κ1) is 28.3. The van der Waals surface area contributed by atoms with Gasteiger partial charge in [-0.1, -0.05) is 6.07 Å². The number of rotatable bonds is 8. The smallest absolute Gasteiger partial charge is 0.338 e. The average Bonchev–Trinajstić information content (AvgIpc) is 2.99. The van der Waals surface area contributed by atoms with Crippen molar-refractivity contribution in [2.45, 2.75) is 26.9 Å². The van der Waals surface area contributed by atoms with Crippen LogP contribution in [0.4, 0.5) is 5.69 Å². The molecule has 0 radical (unpaired) electrons. The quantitative estimate of drug-likeness (QED) is 0.208. The molecule has 212 valence electrons. The normalized spacial score (nSPS) is 11.5. The molecule has 4 aromatic carbocycles. The van der Waals surface area contributed by atoms with Gasteiger partial charge in [-0.25, -0.2) is 14.8 Å². The van der Waals surface area contributed by atoms with Crippen molar-refractivity contribution < 1.29 is 23.8 Å². The molecule has 1 N–H and O–H groups in total. The van der Waals surface area contributed by atoms with Crippen molar-refractivity contribution in [2.24, 2.45) is 0 Å². The fourth-order valence-corrected chi connectivity index (χ4v) is 4.65. The molecular formula is C34H31N3O5. The molecule has 0 fully saturated rings. The Morgan fingerprint density at radius 1 is 0.690 bits per heavy atom. The summed E-state index contributed by atoms with van der Waals surface area (Å²) in [6, 6.07) is 25.9. The minimum absolute atomic E-state index is 0.265. The number of nitrogens with one attached hydrogen (secondary N) is 1. The van der Waals surface area contributed by atoms with Crippen molar-refractivity contribution in [3.8, 4) is 34.0 Å². The van der Waals surface area contributed by atoms with Gasteiger partial charge >= 0.3 is 5.97 Å². The summed E-state index contributed by atoms with van der Waals surface area (Å²) < 4.78 is 16.1. The van der Waals surface area contributed by atoms with Crippen LogP contribution in [0.15, 0.2) is 84.9 Å². The number of fused-ring (bicyclic) bond motifs is 1. The van der Waals surface area contributed by atoms with Gasteiger partial charge in [-0.05, 0) is 111 Å². The molecule has 1 heterocycles. The molecule has 0 spiro atoms. The molecule has 42 heavy (non-hydrogen) atoms. The molecule has 1 atom stereocenters. The second-order valence-corrected chi connectivity index (χ2v) is 9.99. The molecule has 1 aromatic heterocycles. The second-order valence-electron chi connectivity index (χ2n) is 9.99. The molecule has 1 amide bonds. The molecule has 0 saturated heterocycles. The summed E-state index contributed by atoms with van der Waals surface area (Å²) in [6.07, 6.45) is -1.01. The van der Waals surface area contributed by atoms with Gasteiger partial charge in [-0.2, -0.15) is 0 Å². The molecule has 5 rings (SSSR count). The molecule has 8 nitrogen and oxygen atoms in total. The summed E-state index contributed by atoms with van der Waals surface area (Å²) in [5, 5.41) is 2.82. The highest BCUT2D eigenvalue weighted by Crippen LogP contribution is 2.33. The molecule has 0 aliphatic heterocycles. The van der Waals surface area contributed by atoms with Crippen molar-refractivity contribution in [3.05, 3.63) is 102 Å². The van der Waals surface area contributed by atoms with Crippen LogP contribution in [0.1, 0.15) is 28.4 Å². The summed E-state index contributed by atoms with van der Waals surface area (Å²) in [5.74, 6) is 0.407. The van der Waals surface area contributed by atoms with Gasteiger partial charge in [-0.3, -0.25) is 4.79 Å². The number of benzene rings is 4. The minimum Gasteiger partial charge on any atom is -0.497 e. The SMILES string of the molecule is COc1ccc(-c2nc3ccc(C(=O)OC(C)C(=O)Nc4cc(C)cc(C)c4)cc3nc2-c2ccc(OC)cc2)cc1. The van der Waals surface area contributed by atoms with Crippen molar-refractivity contribution in [1.29, 1.82) is 0 Å². The van der Waals surface area contributed by atoms with Crippen LogP contribution in [0.25, 0.3) is 33.5 Å². The van der Waals surface area contributed by atoms with Crippen molar-refractivity contribution in [1.82, 2.24) is 9.97 Å². The number of methoxy groups -OCH3 is 2. The zero-order chi connectivity index (χ0) is 29.8. The van der Waals surface area contributed by atoms with E-state index < -0.39 is 18.0 Å². The third kappa shape index (κ3) is 6.23. The first-order valence-corrected chi connectivity index (χ1v) is 13.4. The van der Waals surface area contributed by atoms with Crippen molar-refractivity contribution in [3.63, 3.8) is 0 Å². The van der Waals surface area contributed by atoms with Gasteiger partial charge < -0.3 is 19.5 Å². The lowest BCUT2D eigenvalue weighted by atomic mass is 10.0. The highest BCUT2D eigenvalue weighted by atomic mass is 16.5. The number of aromatic nitrogens is 2. The van der Waals surface area contributed by atoms with Crippen LogP contribution in [0.3, 0.4) is 0 Å². The van der Waals surface area contributed by atoms with Gasteiger partial charge in [0.2, 0.25) is 0 Å². The van der Waals surface area contributed by atoms with Crippen LogP contribution >= 0.6 is 0 Å². The Hall–Kier alpha value is -5.24. The van der Waals surface area contributed by atoms with Gasteiger partial charge in [-0.15, -0.1) is 0 Å². The standard InChI is InChI=1S/C34H31N3O5/c1-20-16-21(2)18-26(17-20)35-33(38)22(3)42-34(39)25-10-15-29-30(19-25)37-32(24-8-13-28(41-5)14-9-24)31(36-29)23-6-11-27(40-4)12-7-23/h6-19,22H,1-5H3,(H,35,38). The van der Waals surface area contributed by atoms with Crippen LogP contribution in [0, 0.1) is 13.8 Å². The number of hydrogen-bond acceptors (Lipinski definition) is 7. The zero-order valence-corrected chi connectivity index (χ0v) is 24.1. The number of aryl methyl sites for hydroxylation is 2. The van der Waals surface area contributed by atoms with E-state index in [9.17, 15) is 9.59 Å². The summed E-state index contributed by atoms with van der Waals surface area (Å²) >= 11 is 0. The van der Waals surface area contributed by atoms with E-state index in [0.29, 0.717) is 28.1 Å². The van der Waals surface area contributed by atoms with E-state index in [2.05, 4.69) is 5.32 Å². The van der Waals surface area contributed by atoms with E-state index in [-0.39, 0.29) is 5.56 Å². The topological polar surface area (TPSA) is 99.6 Å². The number of carbonyl (C=O) groups excluding carboxylic acids is 2. The number of carbonyl (C=O) groups is 2. The van der Waals surface area contributed by atoms with E-state index >= 15 is 0 Å². The summed E-state index contributed by atoms with van der Waals surface area (Å²) in [5.41, 5.74) is 7.11. The second kappa shape index (κ2) is 12.1. The Kier molecular flexibility index (Phi) is 8.15. The Morgan fingerprint density at radius 2 is 1.21 bits per heavy atom. The Balaban J connectivity index is 1.45. The molecular weight excluding hydrogens is 530 g/mol. The van der Waals surface area contributed by atoms with Crippen LogP contribution in [-0.2, 0) is 9.53 Å². The number of esters is 1. The number of nitrogens with zero attached hydrogens (tertiary/aromatic N) is 2. The van der Waals surface area contributed by atoms with Gasteiger partial charge in [0.25, 0.3) is 5.91 Å². The lowest BCUT2D eigenvalue weighted by Gasteiger charge is -2.15. The number of anilines is 1. The maximum absolute atomic E-state index is 13.1. The summed E-state index contributed by atoms with van der Waals surface area (Å²) in [4.78, 5) is 35.7. The lowest BCUT2D eigenvalue weighted by Crippen LogP contribution is -2.30. The third-order valence-corrected chi connectivity index (χ3v) is 6.77. The highest BCUT2D eigenvalue weighted by molar-refractivity contribution is 5.99. The Bertz CT molecular complexity index is 1750. The summed E-state index contributed by atoms with van der Waals surface area (Å²) in [7, 11) is 3.23. The monoisotopic (exact) mass is 561 g/mol. The van der Waals surface area contributed by atoms with E-state index in [0.717, 1.165) is 33.8 Å². The Labute approximate surface area is 244 Å². The largest absolute Gasteiger partial charge is 0.497 e. The first-order valence-electron chi connectivity index (χ1n) is 13.4. The van der Waals surface area contributed by atoms with E-state index in [1.165, 1.54) is 0 Å². The van der Waals surface area contributed by atoms with Gasteiger partial charge in [0.05, 0.1) is 42.2 Å². The molecule has 0 aliphatic rings. The van der Waals surface area contributed by atoms with Crippen LogP contribution in [0.2, 0.25) is 0 Å². The van der Waals surface area contributed by atoms with Crippen molar-refractivity contribution in [2.75, 3.05) is 19.5 Å². The predicted octanol–water partition coefficient (Wildman–Crippen LogP) is 6.78. The molecule has 0 bridgehead atoms. The highest BCUT2D eigenvalue weighted by Gasteiger charge is 2.21. The maximum atomic E-state index is 13.1. The predicted molar refractivity (Wildman–Crippen MR) is 163 cm³/mol. The van der Waals surface area contributed by atoms with E-state index in [4.69, 9.17) is 24.2 Å². The van der Waals surface area contributed by atoms with Gasteiger partial charge in [0.1, 0.15) is 11.5 Å². The van der Waals surface area contributed by atoms with Crippen LogP contribution < -0.4 is 14.8 Å². The summed E-state index contributed by atoms with van der Waals surface area (Å²) in [6.45, 7) is 5.45. The molecule has 0 aliphatic carbocycles. The molecule has 1 unspecified atom stereocenters. The number of ether oxygens (including phenoxy) is 3.